The SMILES string of the molecule is CCN/N=C(\NC)C(F)(F)F. The van der Waals surface area contributed by atoms with Crippen LogP contribution in [-0.4, -0.2) is 25.6 Å². The molecule has 0 aromatic rings. The van der Waals surface area contributed by atoms with Crippen molar-refractivity contribution in [2.45, 2.75) is 13.1 Å². The topological polar surface area (TPSA) is 36.4 Å². The van der Waals surface area contributed by atoms with Gasteiger partial charge in [0.05, 0.1) is 0 Å². The van der Waals surface area contributed by atoms with Crippen molar-refractivity contribution in [1.29, 1.82) is 0 Å². The first kappa shape index (κ1) is 10.1. The van der Waals surface area contributed by atoms with Crippen molar-refractivity contribution in [3.05, 3.63) is 0 Å². The lowest BCUT2D eigenvalue weighted by molar-refractivity contribution is -0.0619. The molecule has 0 radical (unpaired) electrons. The maximum Gasteiger partial charge on any atom is 0.450 e. The van der Waals surface area contributed by atoms with Crippen LogP contribution < -0.4 is 10.7 Å². The number of hydrogen-bond donors (Lipinski definition) is 2. The Morgan fingerprint density at radius 3 is 2.27 bits per heavy atom. The average Bonchev–Trinajstić information content (AvgIpc) is 1.87. The number of amidine groups is 1. The van der Waals surface area contributed by atoms with E-state index in [-0.39, 0.29) is 0 Å². The Kier molecular flexibility index (Phi) is 3.70. The van der Waals surface area contributed by atoms with Crippen molar-refractivity contribution in [2.24, 2.45) is 5.10 Å². The third-order valence-corrected chi connectivity index (χ3v) is 0.854. The Balaban J connectivity index is 4.16. The molecule has 0 heterocycles. The van der Waals surface area contributed by atoms with Crippen LogP contribution in [0.2, 0.25) is 0 Å². The van der Waals surface area contributed by atoms with Gasteiger partial charge in [-0.1, -0.05) is 0 Å². The van der Waals surface area contributed by atoms with E-state index < -0.39 is 12.0 Å². The highest BCUT2D eigenvalue weighted by Crippen LogP contribution is 2.14. The molecule has 0 aromatic carbocycles. The molecule has 0 saturated heterocycles. The molecule has 0 aliphatic carbocycles. The lowest BCUT2D eigenvalue weighted by atomic mass is 10.6. The fourth-order valence-electron chi connectivity index (χ4n) is 0.419. The molecule has 66 valence electrons. The number of hydrazone groups is 1. The van der Waals surface area contributed by atoms with E-state index in [1.807, 2.05) is 5.32 Å². The second-order valence-corrected chi connectivity index (χ2v) is 1.72. The van der Waals surface area contributed by atoms with Gasteiger partial charge in [-0.25, -0.2) is 0 Å². The van der Waals surface area contributed by atoms with Crippen molar-refractivity contribution >= 4 is 5.84 Å². The van der Waals surface area contributed by atoms with E-state index in [4.69, 9.17) is 0 Å². The van der Waals surface area contributed by atoms with Gasteiger partial charge in [0, 0.05) is 13.6 Å². The van der Waals surface area contributed by atoms with E-state index in [9.17, 15) is 13.2 Å². The normalized spacial score (nSPS) is 13.0. The molecule has 0 atom stereocenters. The minimum Gasteiger partial charge on any atom is -0.368 e. The van der Waals surface area contributed by atoms with Gasteiger partial charge in [-0.3, -0.25) is 0 Å². The van der Waals surface area contributed by atoms with Crippen LogP contribution in [0.1, 0.15) is 6.92 Å². The third-order valence-electron chi connectivity index (χ3n) is 0.854. The molecule has 0 aliphatic heterocycles. The Labute approximate surface area is 62.7 Å². The standard InChI is InChI=1S/C5H10F3N3/c1-3-10-11-4(9-2)5(6,7)8/h10H,3H2,1-2H3,(H,9,11). The molecule has 0 spiro atoms. The van der Waals surface area contributed by atoms with Crippen molar-refractivity contribution in [3.8, 4) is 0 Å². The Morgan fingerprint density at radius 2 is 2.00 bits per heavy atom. The first-order valence-corrected chi connectivity index (χ1v) is 3.07. The Morgan fingerprint density at radius 1 is 1.45 bits per heavy atom. The molecule has 0 aliphatic rings. The molecule has 3 nitrogen and oxygen atoms in total. The van der Waals surface area contributed by atoms with Crippen molar-refractivity contribution in [3.63, 3.8) is 0 Å². The van der Waals surface area contributed by atoms with Gasteiger partial charge in [-0.15, -0.1) is 0 Å². The summed E-state index contributed by atoms with van der Waals surface area (Å²) in [6, 6.07) is 0. The number of rotatable bonds is 2. The molecule has 0 rings (SSSR count). The van der Waals surface area contributed by atoms with Crippen molar-refractivity contribution < 1.29 is 13.2 Å². The summed E-state index contributed by atoms with van der Waals surface area (Å²) in [5.74, 6) is -1.01. The highest BCUT2D eigenvalue weighted by atomic mass is 19.4. The van der Waals surface area contributed by atoms with E-state index in [2.05, 4.69) is 10.5 Å². The Bertz CT molecular complexity index is 140. The summed E-state index contributed by atoms with van der Waals surface area (Å²) in [5, 5.41) is 5.00. The van der Waals surface area contributed by atoms with Crippen molar-refractivity contribution in [1.82, 2.24) is 10.7 Å². The second-order valence-electron chi connectivity index (χ2n) is 1.72. The number of halogens is 3. The molecule has 6 heteroatoms. The molecule has 2 N–H and O–H groups in total. The monoisotopic (exact) mass is 169 g/mol. The highest BCUT2D eigenvalue weighted by molar-refractivity contribution is 5.86. The molecule has 0 saturated carbocycles. The quantitative estimate of drug-likeness (QED) is 0.362. The van der Waals surface area contributed by atoms with Gasteiger partial charge in [-0.2, -0.15) is 18.3 Å². The maximum absolute atomic E-state index is 11.8. The predicted molar refractivity (Wildman–Crippen MR) is 36.2 cm³/mol. The van der Waals surface area contributed by atoms with E-state index in [0.717, 1.165) is 0 Å². The lowest BCUT2D eigenvalue weighted by Crippen LogP contribution is -2.36. The van der Waals surface area contributed by atoms with Gasteiger partial charge in [0.1, 0.15) is 0 Å². The summed E-state index contributed by atoms with van der Waals surface area (Å²) in [4.78, 5) is 0. The predicted octanol–water partition coefficient (Wildman–Crippen LogP) is 0.691. The van der Waals surface area contributed by atoms with Gasteiger partial charge in [-0.05, 0) is 6.92 Å². The molecule has 11 heavy (non-hydrogen) atoms. The fraction of sp³-hybridized carbons (Fsp3) is 0.800. The van der Waals surface area contributed by atoms with Crippen LogP contribution >= 0.6 is 0 Å². The summed E-state index contributed by atoms with van der Waals surface area (Å²) < 4.78 is 35.4. The summed E-state index contributed by atoms with van der Waals surface area (Å²) >= 11 is 0. The second kappa shape index (κ2) is 4.05. The zero-order chi connectivity index (χ0) is 8.91. The highest BCUT2D eigenvalue weighted by Gasteiger charge is 2.35. The van der Waals surface area contributed by atoms with Gasteiger partial charge in [0.25, 0.3) is 0 Å². The van der Waals surface area contributed by atoms with Gasteiger partial charge in [0.2, 0.25) is 5.84 Å². The zero-order valence-corrected chi connectivity index (χ0v) is 6.29. The summed E-state index contributed by atoms with van der Waals surface area (Å²) in [7, 11) is 1.17. The maximum atomic E-state index is 11.8. The summed E-state index contributed by atoms with van der Waals surface area (Å²) in [6.45, 7) is 2.02. The van der Waals surface area contributed by atoms with Crippen LogP contribution in [0.5, 0.6) is 0 Å². The largest absolute Gasteiger partial charge is 0.450 e. The van der Waals surface area contributed by atoms with E-state index >= 15 is 0 Å². The fourth-order valence-corrected chi connectivity index (χ4v) is 0.419. The molecular weight excluding hydrogens is 159 g/mol. The molecular formula is C5H10F3N3. The van der Waals surface area contributed by atoms with Gasteiger partial charge in [0.15, 0.2) is 0 Å². The number of nitrogens with one attached hydrogen (secondary N) is 2. The van der Waals surface area contributed by atoms with Crippen molar-refractivity contribution in [2.75, 3.05) is 13.6 Å². The number of nitrogens with zero attached hydrogens (tertiary/aromatic N) is 1. The molecule has 0 aromatic heterocycles. The molecule has 0 fully saturated rings. The van der Waals surface area contributed by atoms with Crippen LogP contribution in [0.4, 0.5) is 13.2 Å². The number of hydrogen-bond acceptors (Lipinski definition) is 2. The lowest BCUT2D eigenvalue weighted by Gasteiger charge is -2.08. The average molecular weight is 169 g/mol. The molecule has 0 bridgehead atoms. The van der Waals surface area contributed by atoms with Crippen LogP contribution in [0.15, 0.2) is 5.10 Å². The van der Waals surface area contributed by atoms with E-state index in [0.29, 0.717) is 6.54 Å². The third kappa shape index (κ3) is 3.69. The Hall–Kier alpha value is -0.940. The zero-order valence-electron chi connectivity index (χ0n) is 6.29. The van der Waals surface area contributed by atoms with Gasteiger partial charge >= 0.3 is 6.18 Å². The van der Waals surface area contributed by atoms with Crippen LogP contribution in [0.25, 0.3) is 0 Å². The molecule has 0 unspecified atom stereocenters. The summed E-state index contributed by atoms with van der Waals surface area (Å²) in [6.07, 6.45) is -4.41. The minimum atomic E-state index is -4.41. The van der Waals surface area contributed by atoms with Crippen LogP contribution in [0, 0.1) is 0 Å². The van der Waals surface area contributed by atoms with Crippen LogP contribution in [-0.2, 0) is 0 Å². The first-order chi connectivity index (χ1) is 5.02. The number of alkyl halides is 3. The minimum absolute atomic E-state index is 0.362. The van der Waals surface area contributed by atoms with E-state index in [1.54, 1.807) is 6.92 Å². The van der Waals surface area contributed by atoms with Crippen LogP contribution in [0.3, 0.4) is 0 Å². The first-order valence-electron chi connectivity index (χ1n) is 3.07. The smallest absolute Gasteiger partial charge is 0.368 e. The molecule has 0 amide bonds. The van der Waals surface area contributed by atoms with Gasteiger partial charge < -0.3 is 10.7 Å². The van der Waals surface area contributed by atoms with E-state index in [1.165, 1.54) is 7.05 Å². The summed E-state index contributed by atoms with van der Waals surface area (Å²) in [5.41, 5.74) is 2.21.